The van der Waals surface area contributed by atoms with Gasteiger partial charge in [-0.3, -0.25) is 9.69 Å². The van der Waals surface area contributed by atoms with Crippen LogP contribution in [0.1, 0.15) is 22.2 Å². The molecule has 0 unspecified atom stereocenters. The topological polar surface area (TPSA) is 45.5 Å². The summed E-state index contributed by atoms with van der Waals surface area (Å²) < 4.78 is 6.35. The predicted octanol–water partition coefficient (Wildman–Crippen LogP) is 3.14. The maximum Gasteiger partial charge on any atom is 0.252 e. The summed E-state index contributed by atoms with van der Waals surface area (Å²) in [6, 6.07) is 5.61. The molecule has 0 aromatic carbocycles. The lowest BCUT2D eigenvalue weighted by Gasteiger charge is -2.22. The molecule has 6 heteroatoms. The monoisotopic (exact) mass is 342 g/mol. The van der Waals surface area contributed by atoms with Crippen molar-refractivity contribution in [3.63, 3.8) is 0 Å². The molecule has 0 spiro atoms. The van der Waals surface area contributed by atoms with Gasteiger partial charge in [-0.05, 0) is 48.2 Å². The number of furan rings is 1. The van der Waals surface area contributed by atoms with Crippen LogP contribution in [-0.4, -0.2) is 31.4 Å². The molecule has 0 fully saturated rings. The van der Waals surface area contributed by atoms with Crippen molar-refractivity contribution in [3.8, 4) is 0 Å². The Morgan fingerprint density at radius 3 is 2.89 bits per heavy atom. The van der Waals surface area contributed by atoms with Crippen LogP contribution < -0.4 is 5.32 Å². The molecule has 0 bridgehead atoms. The summed E-state index contributed by atoms with van der Waals surface area (Å²) >= 11 is 4.85. The van der Waals surface area contributed by atoms with Gasteiger partial charge in [0.2, 0.25) is 0 Å². The number of halogens is 1. The summed E-state index contributed by atoms with van der Waals surface area (Å²) in [6.07, 6.45) is 1.64. The van der Waals surface area contributed by atoms with Crippen LogP contribution in [0.5, 0.6) is 0 Å². The lowest BCUT2D eigenvalue weighted by molar-refractivity contribution is 0.0939. The van der Waals surface area contributed by atoms with Gasteiger partial charge in [-0.2, -0.15) is 0 Å². The number of likely N-dealkylation sites (N-methyl/N-ethyl adjacent to an activating group) is 1. The third-order valence-electron chi connectivity index (χ3n) is 2.78. The van der Waals surface area contributed by atoms with Crippen LogP contribution in [0.2, 0.25) is 0 Å². The smallest absolute Gasteiger partial charge is 0.252 e. The molecule has 2 aromatic rings. The summed E-state index contributed by atoms with van der Waals surface area (Å²) in [5.74, 6) is 0.775. The Morgan fingerprint density at radius 1 is 1.58 bits per heavy atom. The lowest BCUT2D eigenvalue weighted by atomic mass is 10.2. The SMILES string of the molecule is CN(C)[C@H](CNC(=O)c1csc(Br)c1)c1ccco1. The third-order valence-corrected chi connectivity index (χ3v) is 4.29. The van der Waals surface area contributed by atoms with E-state index < -0.39 is 0 Å². The molecule has 4 nitrogen and oxygen atoms in total. The first-order chi connectivity index (χ1) is 9.08. The van der Waals surface area contributed by atoms with Crippen LogP contribution in [0, 0.1) is 0 Å². The van der Waals surface area contributed by atoms with E-state index in [0.29, 0.717) is 12.1 Å². The van der Waals surface area contributed by atoms with Crippen molar-refractivity contribution in [2.24, 2.45) is 0 Å². The van der Waals surface area contributed by atoms with Gasteiger partial charge in [0.25, 0.3) is 5.91 Å². The van der Waals surface area contributed by atoms with Gasteiger partial charge in [-0.1, -0.05) is 0 Å². The number of hydrogen-bond donors (Lipinski definition) is 1. The molecule has 0 aliphatic carbocycles. The van der Waals surface area contributed by atoms with Gasteiger partial charge in [-0.15, -0.1) is 11.3 Å². The van der Waals surface area contributed by atoms with E-state index in [0.717, 1.165) is 9.55 Å². The van der Waals surface area contributed by atoms with Gasteiger partial charge < -0.3 is 9.73 Å². The van der Waals surface area contributed by atoms with Gasteiger partial charge in [0.1, 0.15) is 5.76 Å². The number of nitrogens with zero attached hydrogens (tertiary/aromatic N) is 1. The molecule has 2 rings (SSSR count). The fraction of sp³-hybridized carbons (Fsp3) is 0.308. The second-order valence-corrected chi connectivity index (χ2v) is 6.63. The average molecular weight is 343 g/mol. The molecule has 0 aliphatic rings. The van der Waals surface area contributed by atoms with Crippen LogP contribution in [0.3, 0.4) is 0 Å². The number of rotatable bonds is 5. The number of amides is 1. The fourth-order valence-corrected chi connectivity index (χ4v) is 2.88. The average Bonchev–Trinajstić information content (AvgIpc) is 3.00. The van der Waals surface area contributed by atoms with Gasteiger partial charge in [0.15, 0.2) is 0 Å². The van der Waals surface area contributed by atoms with E-state index in [-0.39, 0.29) is 11.9 Å². The van der Waals surface area contributed by atoms with E-state index in [4.69, 9.17) is 4.42 Å². The zero-order chi connectivity index (χ0) is 13.8. The van der Waals surface area contributed by atoms with Crippen molar-refractivity contribution >= 4 is 33.2 Å². The molecule has 2 aromatic heterocycles. The van der Waals surface area contributed by atoms with Crippen LogP contribution in [0.25, 0.3) is 0 Å². The first-order valence-corrected chi connectivity index (χ1v) is 7.47. The Kier molecular flexibility index (Phi) is 4.79. The quantitative estimate of drug-likeness (QED) is 0.907. The van der Waals surface area contributed by atoms with Crippen molar-refractivity contribution in [1.29, 1.82) is 0 Å². The molecular weight excluding hydrogens is 328 g/mol. The van der Waals surface area contributed by atoms with E-state index >= 15 is 0 Å². The number of nitrogens with one attached hydrogen (secondary N) is 1. The molecule has 102 valence electrons. The van der Waals surface area contributed by atoms with Gasteiger partial charge in [0.05, 0.1) is 21.7 Å². The highest BCUT2D eigenvalue weighted by molar-refractivity contribution is 9.11. The minimum Gasteiger partial charge on any atom is -0.468 e. The molecule has 1 amide bonds. The van der Waals surface area contributed by atoms with Crippen LogP contribution >= 0.6 is 27.3 Å². The Balaban J connectivity index is 1.98. The summed E-state index contributed by atoms with van der Waals surface area (Å²) in [5, 5.41) is 4.76. The normalized spacial score (nSPS) is 12.6. The predicted molar refractivity (Wildman–Crippen MR) is 79.5 cm³/mol. The standard InChI is InChI=1S/C13H15BrN2O2S/c1-16(2)10(11-4-3-5-18-11)7-15-13(17)9-6-12(14)19-8-9/h3-6,8,10H,7H2,1-2H3,(H,15,17)/t10-/m1/s1. The second kappa shape index (κ2) is 6.36. The fourth-order valence-electron chi connectivity index (χ4n) is 1.74. The van der Waals surface area contributed by atoms with Gasteiger partial charge in [0, 0.05) is 11.9 Å². The first kappa shape index (κ1) is 14.3. The van der Waals surface area contributed by atoms with E-state index in [1.54, 1.807) is 6.26 Å². The maximum absolute atomic E-state index is 12.0. The molecule has 1 N–H and O–H groups in total. The van der Waals surface area contributed by atoms with E-state index in [1.165, 1.54) is 11.3 Å². The zero-order valence-electron chi connectivity index (χ0n) is 10.7. The van der Waals surface area contributed by atoms with Crippen molar-refractivity contribution in [2.75, 3.05) is 20.6 Å². The Labute approximate surface area is 124 Å². The molecule has 0 saturated heterocycles. The van der Waals surface area contributed by atoms with Gasteiger partial charge >= 0.3 is 0 Å². The Hall–Kier alpha value is -1.11. The molecule has 1 atom stereocenters. The summed E-state index contributed by atoms with van der Waals surface area (Å²) in [4.78, 5) is 14.0. The van der Waals surface area contributed by atoms with Crippen LogP contribution in [0.4, 0.5) is 0 Å². The molecule has 2 heterocycles. The minimum atomic E-state index is -0.0691. The minimum absolute atomic E-state index is 0.0287. The Bertz CT molecular complexity index is 537. The number of carbonyl (C=O) groups excluding carboxylic acids is 1. The van der Waals surface area contributed by atoms with Crippen LogP contribution in [-0.2, 0) is 0 Å². The largest absolute Gasteiger partial charge is 0.468 e. The van der Waals surface area contributed by atoms with Crippen molar-refractivity contribution < 1.29 is 9.21 Å². The highest BCUT2D eigenvalue weighted by atomic mass is 79.9. The number of thiophene rings is 1. The molecule has 0 saturated carbocycles. The van der Waals surface area contributed by atoms with Crippen molar-refractivity contribution in [1.82, 2.24) is 10.2 Å². The van der Waals surface area contributed by atoms with Crippen molar-refractivity contribution in [2.45, 2.75) is 6.04 Å². The number of carbonyl (C=O) groups is 1. The van der Waals surface area contributed by atoms with Crippen molar-refractivity contribution in [3.05, 3.63) is 45.0 Å². The molecular formula is C13H15BrN2O2S. The summed E-state index contributed by atoms with van der Waals surface area (Å²) in [7, 11) is 3.92. The highest BCUT2D eigenvalue weighted by Crippen LogP contribution is 2.21. The van der Waals surface area contributed by atoms with Crippen LogP contribution in [0.15, 0.2) is 38.0 Å². The van der Waals surface area contributed by atoms with E-state index in [1.807, 2.05) is 42.6 Å². The first-order valence-electron chi connectivity index (χ1n) is 5.80. The van der Waals surface area contributed by atoms with Gasteiger partial charge in [-0.25, -0.2) is 0 Å². The molecule has 0 aliphatic heterocycles. The second-order valence-electron chi connectivity index (χ2n) is 4.34. The number of hydrogen-bond acceptors (Lipinski definition) is 4. The maximum atomic E-state index is 12.0. The molecule has 0 radical (unpaired) electrons. The summed E-state index contributed by atoms with van der Waals surface area (Å²) in [6.45, 7) is 0.507. The third kappa shape index (κ3) is 3.68. The lowest BCUT2D eigenvalue weighted by Crippen LogP contribution is -2.34. The highest BCUT2D eigenvalue weighted by Gasteiger charge is 2.18. The zero-order valence-corrected chi connectivity index (χ0v) is 13.1. The van der Waals surface area contributed by atoms with E-state index in [2.05, 4.69) is 21.2 Å². The molecule has 19 heavy (non-hydrogen) atoms. The van der Waals surface area contributed by atoms with E-state index in [9.17, 15) is 4.79 Å². The Morgan fingerprint density at radius 2 is 2.37 bits per heavy atom. The summed E-state index contributed by atoms with van der Waals surface area (Å²) in [5.41, 5.74) is 0.675.